The smallest absolute Gasteiger partial charge is 0.327 e. The molecule has 0 fully saturated rings. The van der Waals surface area contributed by atoms with E-state index in [0.29, 0.717) is 12.0 Å². The van der Waals surface area contributed by atoms with Gasteiger partial charge in [-0.05, 0) is 61.3 Å². The van der Waals surface area contributed by atoms with E-state index in [4.69, 9.17) is 20.0 Å². The molecule has 0 spiro atoms. The van der Waals surface area contributed by atoms with Crippen LogP contribution in [0.15, 0.2) is 48.5 Å². The third-order valence-corrected chi connectivity index (χ3v) is 5.18. The fourth-order valence-corrected chi connectivity index (χ4v) is 3.39. The molecule has 0 aliphatic heterocycles. The summed E-state index contributed by atoms with van der Waals surface area (Å²) in [5, 5.41) is 9.44. The van der Waals surface area contributed by atoms with Gasteiger partial charge in [0.25, 0.3) is 0 Å². The third-order valence-electron chi connectivity index (χ3n) is 4.82. The van der Waals surface area contributed by atoms with Crippen LogP contribution in [-0.4, -0.2) is 33.6 Å². The van der Waals surface area contributed by atoms with E-state index in [9.17, 15) is 9.50 Å². The molecule has 28 heavy (non-hydrogen) atoms. The van der Waals surface area contributed by atoms with E-state index in [1.807, 2.05) is 24.3 Å². The van der Waals surface area contributed by atoms with Crippen LogP contribution in [0.1, 0.15) is 36.0 Å². The molecule has 7 heteroatoms. The average molecular weight is 409 g/mol. The van der Waals surface area contributed by atoms with Crippen molar-refractivity contribution in [1.82, 2.24) is 0 Å². The number of aryl methyl sites for hydroxylation is 3. The molecule has 0 amide bonds. The largest absolute Gasteiger partial charge is 0.394 e. The number of rotatable bonds is 12. The van der Waals surface area contributed by atoms with Crippen LogP contribution in [0.4, 0.5) is 4.39 Å². The van der Waals surface area contributed by atoms with Gasteiger partial charge in [0.2, 0.25) is 0 Å². The molecule has 154 valence electrons. The lowest BCUT2D eigenvalue weighted by Crippen LogP contribution is -2.48. The molecule has 0 saturated heterocycles. The van der Waals surface area contributed by atoms with Gasteiger partial charge >= 0.3 is 8.60 Å². The number of nitrogens with two attached hydrogens (primary N) is 1. The molecule has 1 unspecified atom stereocenters. The number of unbranched alkanes of at least 4 members (excludes halogenated alkanes) is 1. The van der Waals surface area contributed by atoms with Crippen molar-refractivity contribution in [2.45, 2.75) is 44.1 Å². The molecule has 2 rings (SSSR count). The van der Waals surface area contributed by atoms with Crippen molar-refractivity contribution in [1.29, 1.82) is 0 Å². The molecule has 0 heterocycles. The van der Waals surface area contributed by atoms with Crippen LogP contribution < -0.4 is 5.73 Å². The van der Waals surface area contributed by atoms with Gasteiger partial charge in [0.15, 0.2) is 0 Å². The zero-order chi connectivity index (χ0) is 20.4. The predicted octanol–water partition coefficient (Wildman–Crippen LogP) is 3.24. The van der Waals surface area contributed by atoms with Crippen LogP contribution in [0.3, 0.4) is 0 Å². The lowest BCUT2D eigenvalue weighted by Gasteiger charge is -2.27. The quantitative estimate of drug-likeness (QED) is 0.319. The van der Waals surface area contributed by atoms with Crippen molar-refractivity contribution < 1.29 is 23.8 Å². The lowest BCUT2D eigenvalue weighted by molar-refractivity contribution is 0.117. The van der Waals surface area contributed by atoms with Gasteiger partial charge in [-0.25, -0.2) is 4.39 Å². The molecule has 0 bridgehead atoms. The second kappa shape index (κ2) is 11.6. The first-order valence-corrected chi connectivity index (χ1v) is 10.6. The molecule has 5 N–H and O–H groups in total. The highest BCUT2D eigenvalue weighted by atomic mass is 31.2. The van der Waals surface area contributed by atoms with E-state index < -0.39 is 20.7 Å². The molecule has 0 aliphatic rings. The van der Waals surface area contributed by atoms with Crippen LogP contribution in [0.2, 0.25) is 0 Å². The van der Waals surface area contributed by atoms with Crippen molar-refractivity contribution in [3.63, 3.8) is 0 Å². The first kappa shape index (κ1) is 22.9. The first-order chi connectivity index (χ1) is 13.4. The number of halogens is 1. The number of aliphatic hydroxyl groups excluding tert-OH is 1. The van der Waals surface area contributed by atoms with E-state index in [-0.39, 0.29) is 18.8 Å². The van der Waals surface area contributed by atoms with Gasteiger partial charge in [0, 0.05) is 0 Å². The highest BCUT2D eigenvalue weighted by molar-refractivity contribution is 7.39. The molecule has 0 radical (unpaired) electrons. The zero-order valence-corrected chi connectivity index (χ0v) is 16.8. The van der Waals surface area contributed by atoms with E-state index >= 15 is 0 Å². The topological polar surface area (TPSA) is 95.9 Å². The number of benzene rings is 2. The Bertz CT molecular complexity index is 717. The minimum Gasteiger partial charge on any atom is -0.394 e. The second-order valence-corrected chi connectivity index (χ2v) is 7.93. The van der Waals surface area contributed by atoms with Crippen LogP contribution in [0.25, 0.3) is 0 Å². The maximum absolute atomic E-state index is 14.4. The predicted molar refractivity (Wildman–Crippen MR) is 109 cm³/mol. The van der Waals surface area contributed by atoms with Crippen molar-refractivity contribution >= 4 is 8.60 Å². The first-order valence-electron chi connectivity index (χ1n) is 9.44. The van der Waals surface area contributed by atoms with Gasteiger partial charge < -0.3 is 25.2 Å². The Hall–Kier alpha value is -1.40. The fraction of sp³-hybridized carbons (Fsp3) is 0.429. The summed E-state index contributed by atoms with van der Waals surface area (Å²) >= 11 is 0. The average Bonchev–Trinajstić information content (AvgIpc) is 2.70. The summed E-state index contributed by atoms with van der Waals surface area (Å²) < 4.78 is 19.1. The SMILES string of the molecule is NC(CO)(CCc1ccc(CCCCc2ccccc2)cc1F)COP(O)O. The van der Waals surface area contributed by atoms with E-state index in [2.05, 4.69) is 12.1 Å². The molecule has 0 saturated carbocycles. The van der Waals surface area contributed by atoms with Gasteiger partial charge in [-0.15, -0.1) is 0 Å². The second-order valence-electron chi connectivity index (χ2n) is 7.17. The van der Waals surface area contributed by atoms with Crippen LogP contribution in [0.5, 0.6) is 0 Å². The summed E-state index contributed by atoms with van der Waals surface area (Å²) in [5.41, 5.74) is 7.65. The van der Waals surface area contributed by atoms with Crippen molar-refractivity contribution in [3.05, 3.63) is 71.0 Å². The molecule has 2 aromatic rings. The van der Waals surface area contributed by atoms with Crippen LogP contribution >= 0.6 is 8.60 Å². The van der Waals surface area contributed by atoms with Crippen molar-refractivity contribution in [3.8, 4) is 0 Å². The molecular formula is C21H29FNO4P. The normalized spacial score (nSPS) is 13.6. The van der Waals surface area contributed by atoms with Gasteiger partial charge in [-0.1, -0.05) is 42.5 Å². The highest BCUT2D eigenvalue weighted by Gasteiger charge is 2.26. The Morgan fingerprint density at radius 1 is 0.964 bits per heavy atom. The minimum absolute atomic E-state index is 0.205. The van der Waals surface area contributed by atoms with Crippen LogP contribution in [-0.2, 0) is 23.8 Å². The monoisotopic (exact) mass is 409 g/mol. The Balaban J connectivity index is 1.80. The number of aliphatic hydroxyl groups is 1. The van der Waals surface area contributed by atoms with Crippen molar-refractivity contribution in [2.75, 3.05) is 13.2 Å². The third kappa shape index (κ3) is 7.92. The van der Waals surface area contributed by atoms with Gasteiger partial charge in [-0.2, -0.15) is 0 Å². The molecule has 0 aliphatic carbocycles. The highest BCUT2D eigenvalue weighted by Crippen LogP contribution is 2.27. The maximum Gasteiger partial charge on any atom is 0.327 e. The summed E-state index contributed by atoms with van der Waals surface area (Å²) in [4.78, 5) is 17.7. The van der Waals surface area contributed by atoms with Gasteiger partial charge in [0.1, 0.15) is 5.82 Å². The standard InChI is InChI=1S/C21H29FNO4P/c22-20-14-18(9-5-4-8-17-6-2-1-3-7-17)10-11-19(20)12-13-21(23,15-24)16-27-28(25)26/h1-3,6-7,10-11,14,24-26H,4-5,8-9,12-13,15-16,23H2. The Kier molecular flexibility index (Phi) is 9.45. The Morgan fingerprint density at radius 2 is 1.64 bits per heavy atom. The minimum atomic E-state index is -2.53. The van der Waals surface area contributed by atoms with Gasteiger partial charge in [-0.3, -0.25) is 0 Å². The van der Waals surface area contributed by atoms with E-state index in [1.54, 1.807) is 12.1 Å². The maximum atomic E-state index is 14.4. The number of hydrogen-bond acceptors (Lipinski definition) is 5. The van der Waals surface area contributed by atoms with E-state index in [0.717, 1.165) is 31.2 Å². The molecule has 5 nitrogen and oxygen atoms in total. The van der Waals surface area contributed by atoms with E-state index in [1.165, 1.54) is 5.56 Å². The van der Waals surface area contributed by atoms with Crippen molar-refractivity contribution in [2.24, 2.45) is 5.73 Å². The lowest BCUT2D eigenvalue weighted by atomic mass is 9.93. The van der Waals surface area contributed by atoms with Crippen LogP contribution in [0, 0.1) is 5.82 Å². The molecule has 2 aromatic carbocycles. The summed E-state index contributed by atoms with van der Waals surface area (Å²) in [7, 11) is -2.53. The summed E-state index contributed by atoms with van der Waals surface area (Å²) in [5.74, 6) is -0.284. The fourth-order valence-electron chi connectivity index (χ4n) is 3.02. The molecule has 0 aromatic heterocycles. The zero-order valence-electron chi connectivity index (χ0n) is 15.9. The summed E-state index contributed by atoms with van der Waals surface area (Å²) in [6.45, 7) is -0.597. The number of hydrogen-bond donors (Lipinski definition) is 4. The Labute approximate surface area is 167 Å². The summed E-state index contributed by atoms with van der Waals surface area (Å²) in [6, 6.07) is 15.6. The van der Waals surface area contributed by atoms with Gasteiger partial charge in [0.05, 0.1) is 18.8 Å². The Morgan fingerprint density at radius 3 is 2.25 bits per heavy atom. The molecular weight excluding hydrogens is 380 g/mol. The molecule has 1 atom stereocenters. The summed E-state index contributed by atoms with van der Waals surface area (Å²) in [6.07, 6.45) is 4.49.